The molecule has 0 radical (unpaired) electrons. The van der Waals surface area contributed by atoms with E-state index in [1.54, 1.807) is 30.5 Å². The first-order chi connectivity index (χ1) is 13.9. The summed E-state index contributed by atoms with van der Waals surface area (Å²) in [6.45, 7) is 1.47. The van der Waals surface area contributed by atoms with Gasteiger partial charge in [0.25, 0.3) is 0 Å². The summed E-state index contributed by atoms with van der Waals surface area (Å²) in [5, 5.41) is 11.8. The summed E-state index contributed by atoms with van der Waals surface area (Å²) in [5.74, 6) is 0.359. The predicted octanol–water partition coefficient (Wildman–Crippen LogP) is 2.73. The van der Waals surface area contributed by atoms with E-state index in [1.165, 1.54) is 23.2 Å². The van der Waals surface area contributed by atoms with Crippen LogP contribution in [0.15, 0.2) is 35.7 Å². The number of benzene rings is 1. The second-order valence-electron chi connectivity index (χ2n) is 6.13. The second-order valence-corrected chi connectivity index (χ2v) is 6.96. The Morgan fingerprint density at radius 1 is 1.17 bits per heavy atom. The minimum absolute atomic E-state index is 0.0191. The number of carbonyl (C=O) groups is 1. The van der Waals surface area contributed by atoms with Crippen molar-refractivity contribution in [3.8, 4) is 6.07 Å². The van der Waals surface area contributed by atoms with Gasteiger partial charge in [0, 0.05) is 26.4 Å². The molecule has 2 heterocycles. The number of aromatic nitrogens is 4. The minimum Gasteiger partial charge on any atom is -0.368 e. The molecular formula is C19H18N8OS. The lowest BCUT2D eigenvalue weighted by Crippen LogP contribution is -2.22. The Labute approximate surface area is 171 Å². The average molecular weight is 406 g/mol. The van der Waals surface area contributed by atoms with Gasteiger partial charge in [0.15, 0.2) is 11.0 Å². The molecule has 0 fully saturated rings. The molecule has 0 saturated heterocycles. The van der Waals surface area contributed by atoms with E-state index in [-0.39, 0.29) is 23.3 Å². The Kier molecular flexibility index (Phi) is 5.80. The summed E-state index contributed by atoms with van der Waals surface area (Å²) >= 11 is 1.29. The van der Waals surface area contributed by atoms with Gasteiger partial charge in [0.1, 0.15) is 6.07 Å². The van der Waals surface area contributed by atoms with Crippen molar-refractivity contribution in [2.45, 2.75) is 6.92 Å². The van der Waals surface area contributed by atoms with E-state index < -0.39 is 0 Å². The van der Waals surface area contributed by atoms with Gasteiger partial charge < -0.3 is 10.6 Å². The highest BCUT2D eigenvalue weighted by Crippen LogP contribution is 2.29. The number of para-hydroxylation sites is 1. The molecule has 0 saturated carbocycles. The average Bonchev–Trinajstić information content (AvgIpc) is 3.14. The molecule has 0 atom stereocenters. The molecular weight excluding hydrogens is 388 g/mol. The molecule has 0 spiro atoms. The Balaban J connectivity index is 1.98. The molecule has 1 aromatic carbocycles. The number of hydrogen-bond acceptors (Lipinski definition) is 9. The molecule has 29 heavy (non-hydrogen) atoms. The second kappa shape index (κ2) is 8.45. The maximum atomic E-state index is 12.2. The lowest BCUT2D eigenvalue weighted by atomic mass is 10.2. The van der Waals surface area contributed by atoms with Crippen LogP contribution in [-0.2, 0) is 4.79 Å². The van der Waals surface area contributed by atoms with Crippen LogP contribution in [0.4, 0.5) is 22.7 Å². The highest BCUT2D eigenvalue weighted by atomic mass is 32.1. The maximum Gasteiger partial charge on any atom is 0.230 e. The largest absolute Gasteiger partial charge is 0.368 e. The molecule has 10 heteroatoms. The number of amides is 1. The first-order valence-corrected chi connectivity index (χ1v) is 9.39. The van der Waals surface area contributed by atoms with E-state index >= 15 is 0 Å². The third-order valence-electron chi connectivity index (χ3n) is 3.72. The van der Waals surface area contributed by atoms with Crippen molar-refractivity contribution in [2.24, 2.45) is 0 Å². The molecule has 3 rings (SSSR count). The quantitative estimate of drug-likeness (QED) is 0.641. The van der Waals surface area contributed by atoms with Crippen LogP contribution in [0.5, 0.6) is 0 Å². The number of hydrogen-bond donors (Lipinski definition) is 1. The highest BCUT2D eigenvalue weighted by molar-refractivity contribution is 7.14. The molecule has 0 aliphatic carbocycles. The molecule has 0 aliphatic heterocycles. The number of nitrogens with zero attached hydrogens (tertiary/aromatic N) is 7. The van der Waals surface area contributed by atoms with Gasteiger partial charge in [-0.15, -0.1) is 11.3 Å². The van der Waals surface area contributed by atoms with Crippen molar-refractivity contribution in [3.63, 3.8) is 0 Å². The van der Waals surface area contributed by atoms with Gasteiger partial charge in [-0.3, -0.25) is 9.69 Å². The molecule has 0 bridgehead atoms. The zero-order chi connectivity index (χ0) is 21.0. The number of rotatable bonds is 5. The van der Waals surface area contributed by atoms with E-state index in [0.717, 1.165) is 0 Å². The van der Waals surface area contributed by atoms with E-state index in [4.69, 9.17) is 5.73 Å². The molecule has 0 aliphatic rings. The van der Waals surface area contributed by atoms with Crippen LogP contribution in [-0.4, -0.2) is 39.9 Å². The van der Waals surface area contributed by atoms with Crippen LogP contribution < -0.4 is 15.5 Å². The van der Waals surface area contributed by atoms with Gasteiger partial charge in [0.2, 0.25) is 17.8 Å². The molecule has 0 unspecified atom stereocenters. The molecule has 2 N–H and O–H groups in total. The van der Waals surface area contributed by atoms with Crippen LogP contribution in [0.1, 0.15) is 18.4 Å². The van der Waals surface area contributed by atoms with Crippen molar-refractivity contribution >= 4 is 51.6 Å². The van der Waals surface area contributed by atoms with Gasteiger partial charge in [-0.25, -0.2) is 4.98 Å². The van der Waals surface area contributed by atoms with Crippen molar-refractivity contribution in [2.75, 3.05) is 29.6 Å². The zero-order valence-corrected chi connectivity index (χ0v) is 16.9. The summed E-state index contributed by atoms with van der Waals surface area (Å²) in [5.41, 5.74) is 7.15. The fourth-order valence-electron chi connectivity index (χ4n) is 2.45. The normalized spacial score (nSPS) is 11.0. The summed E-state index contributed by atoms with van der Waals surface area (Å²) in [7, 11) is 3.53. The lowest BCUT2D eigenvalue weighted by molar-refractivity contribution is -0.115. The smallest absolute Gasteiger partial charge is 0.230 e. The number of thiazole rings is 1. The summed E-state index contributed by atoms with van der Waals surface area (Å²) in [6.07, 6.45) is 1.55. The fourth-order valence-corrected chi connectivity index (χ4v) is 3.29. The monoisotopic (exact) mass is 406 g/mol. The van der Waals surface area contributed by atoms with E-state index in [2.05, 4.69) is 26.0 Å². The Bertz CT molecular complexity index is 1100. The molecule has 2 aromatic heterocycles. The molecule has 3 aromatic rings. The van der Waals surface area contributed by atoms with Crippen LogP contribution in [0, 0.1) is 11.3 Å². The predicted molar refractivity (Wildman–Crippen MR) is 113 cm³/mol. The molecule has 146 valence electrons. The SMILES string of the molecule is CC(=O)N(c1ccccc1)c1nc(/C=C(\C#N)c2nc(N)nc(N(C)C)n2)cs1. The number of carbonyl (C=O) groups excluding carboxylic acids is 1. The summed E-state index contributed by atoms with van der Waals surface area (Å²) in [6, 6.07) is 11.3. The number of nitrogens with two attached hydrogens (primary N) is 1. The topological polar surface area (TPSA) is 125 Å². The van der Waals surface area contributed by atoms with Crippen LogP contribution in [0.25, 0.3) is 11.6 Å². The summed E-state index contributed by atoms with van der Waals surface area (Å²) < 4.78 is 0. The van der Waals surface area contributed by atoms with Gasteiger partial charge in [-0.2, -0.15) is 20.2 Å². The summed E-state index contributed by atoms with van der Waals surface area (Å²) in [4.78, 5) is 32.2. The minimum atomic E-state index is -0.164. The number of anilines is 4. The Hall–Kier alpha value is -3.84. The number of allylic oxidation sites excluding steroid dienone is 1. The molecule has 1 amide bonds. The van der Waals surface area contributed by atoms with Crippen LogP contribution in [0.3, 0.4) is 0 Å². The number of nitriles is 1. The standard InChI is InChI=1S/C19H18N8OS/c1-12(28)27(15-7-5-4-6-8-15)19-22-14(11-29-19)9-13(10-20)16-23-17(21)25-18(24-16)26(2)3/h4-9,11H,1-3H3,(H2,21,23,24,25)/b13-9+. The van der Waals surface area contributed by atoms with E-state index in [1.807, 2.05) is 30.3 Å². The third-order valence-corrected chi connectivity index (χ3v) is 4.57. The van der Waals surface area contributed by atoms with Crippen molar-refractivity contribution in [1.29, 1.82) is 5.26 Å². The van der Waals surface area contributed by atoms with E-state index in [0.29, 0.717) is 22.5 Å². The fraction of sp³-hybridized carbons (Fsp3) is 0.158. The Morgan fingerprint density at radius 2 is 1.90 bits per heavy atom. The molecule has 9 nitrogen and oxygen atoms in total. The van der Waals surface area contributed by atoms with Gasteiger partial charge >= 0.3 is 0 Å². The maximum absolute atomic E-state index is 12.2. The first-order valence-electron chi connectivity index (χ1n) is 8.51. The van der Waals surface area contributed by atoms with Crippen LogP contribution in [0.2, 0.25) is 0 Å². The lowest BCUT2D eigenvalue weighted by Gasteiger charge is -2.17. The highest BCUT2D eigenvalue weighted by Gasteiger charge is 2.18. The van der Waals surface area contributed by atoms with Crippen LogP contribution >= 0.6 is 11.3 Å². The number of nitrogen functional groups attached to an aromatic ring is 1. The van der Waals surface area contributed by atoms with Crippen molar-refractivity contribution < 1.29 is 4.79 Å². The first kappa shape index (κ1) is 19.9. The third kappa shape index (κ3) is 4.53. The zero-order valence-electron chi connectivity index (χ0n) is 16.1. The van der Waals surface area contributed by atoms with Gasteiger partial charge in [-0.05, 0) is 18.2 Å². The Morgan fingerprint density at radius 3 is 2.52 bits per heavy atom. The van der Waals surface area contributed by atoms with Crippen molar-refractivity contribution in [3.05, 3.63) is 47.2 Å². The van der Waals surface area contributed by atoms with Crippen molar-refractivity contribution in [1.82, 2.24) is 19.9 Å². The van der Waals surface area contributed by atoms with Gasteiger partial charge in [-0.1, -0.05) is 18.2 Å². The van der Waals surface area contributed by atoms with Gasteiger partial charge in [0.05, 0.1) is 17.0 Å². The van der Waals surface area contributed by atoms with E-state index in [9.17, 15) is 10.1 Å².